The topological polar surface area (TPSA) is 38.3 Å². The fourth-order valence-electron chi connectivity index (χ4n) is 2.43. The Labute approximate surface area is 115 Å². The van der Waals surface area contributed by atoms with E-state index < -0.39 is 5.54 Å². The van der Waals surface area contributed by atoms with E-state index in [0.29, 0.717) is 6.61 Å². The van der Waals surface area contributed by atoms with Gasteiger partial charge in [-0.3, -0.25) is 4.79 Å². The number of thioether (sulfide) groups is 1. The Morgan fingerprint density at radius 3 is 2.61 bits per heavy atom. The van der Waals surface area contributed by atoms with Crippen molar-refractivity contribution >= 4 is 17.7 Å². The van der Waals surface area contributed by atoms with Gasteiger partial charge in [-0.25, -0.2) is 0 Å². The number of nitrogens with one attached hydrogen (secondary N) is 1. The van der Waals surface area contributed by atoms with Crippen LogP contribution in [0.25, 0.3) is 0 Å². The van der Waals surface area contributed by atoms with E-state index in [1.165, 1.54) is 25.7 Å². The van der Waals surface area contributed by atoms with Crippen LogP contribution in [-0.4, -0.2) is 35.7 Å². The molecule has 0 radical (unpaired) electrons. The predicted octanol–water partition coefficient (Wildman–Crippen LogP) is 2.98. The van der Waals surface area contributed by atoms with Gasteiger partial charge in [0.25, 0.3) is 0 Å². The van der Waals surface area contributed by atoms with Gasteiger partial charge >= 0.3 is 5.97 Å². The highest BCUT2D eigenvalue weighted by atomic mass is 32.2. The Balaban J connectivity index is 2.37. The summed E-state index contributed by atoms with van der Waals surface area (Å²) in [5.74, 6) is 0.923. The van der Waals surface area contributed by atoms with Gasteiger partial charge in [-0.15, -0.1) is 0 Å². The Morgan fingerprint density at radius 2 is 2.06 bits per heavy atom. The number of hydrogen-bond acceptors (Lipinski definition) is 4. The first kappa shape index (κ1) is 15.8. The molecule has 1 aliphatic carbocycles. The second kappa shape index (κ2) is 8.05. The highest BCUT2D eigenvalue weighted by molar-refractivity contribution is 7.99. The minimum absolute atomic E-state index is 0.112. The van der Waals surface area contributed by atoms with E-state index in [1.54, 1.807) is 0 Å². The van der Waals surface area contributed by atoms with Crippen LogP contribution in [0.3, 0.4) is 0 Å². The molecule has 1 unspecified atom stereocenters. The summed E-state index contributed by atoms with van der Waals surface area (Å²) in [4.78, 5) is 12.0. The zero-order valence-electron chi connectivity index (χ0n) is 12.0. The standard InChI is InChI=1S/C14H27NO2S/c1-4-15-14(3,13(16)17-5-2)10-11-18-12-8-6-7-9-12/h12,15H,4-11H2,1-3H3. The molecule has 106 valence electrons. The van der Waals surface area contributed by atoms with Crippen molar-refractivity contribution < 1.29 is 9.53 Å². The molecule has 0 bridgehead atoms. The summed E-state index contributed by atoms with van der Waals surface area (Å²) in [6, 6.07) is 0. The molecule has 0 aromatic rings. The molecular weight excluding hydrogens is 246 g/mol. The third-order valence-corrected chi connectivity index (χ3v) is 4.93. The Morgan fingerprint density at radius 1 is 1.39 bits per heavy atom. The second-order valence-electron chi connectivity index (χ2n) is 5.11. The van der Waals surface area contributed by atoms with Gasteiger partial charge in [0.15, 0.2) is 0 Å². The molecule has 0 amide bonds. The molecule has 1 fully saturated rings. The van der Waals surface area contributed by atoms with Crippen molar-refractivity contribution in [3.63, 3.8) is 0 Å². The van der Waals surface area contributed by atoms with Crippen LogP contribution in [0.1, 0.15) is 52.9 Å². The molecule has 0 aromatic heterocycles. The lowest BCUT2D eigenvalue weighted by atomic mass is 9.99. The molecule has 1 aliphatic rings. The number of carbonyl (C=O) groups excluding carboxylic acids is 1. The van der Waals surface area contributed by atoms with Gasteiger partial charge in [0.2, 0.25) is 0 Å². The van der Waals surface area contributed by atoms with E-state index in [2.05, 4.69) is 5.32 Å². The average Bonchev–Trinajstić information content (AvgIpc) is 2.83. The molecule has 1 rings (SSSR count). The normalized spacial score (nSPS) is 19.7. The molecule has 1 N–H and O–H groups in total. The maximum absolute atomic E-state index is 12.0. The van der Waals surface area contributed by atoms with Crippen LogP contribution >= 0.6 is 11.8 Å². The third-order valence-electron chi connectivity index (χ3n) is 3.55. The fraction of sp³-hybridized carbons (Fsp3) is 0.929. The highest BCUT2D eigenvalue weighted by Gasteiger charge is 2.33. The van der Waals surface area contributed by atoms with Crippen molar-refractivity contribution in [1.82, 2.24) is 5.32 Å². The fourth-order valence-corrected chi connectivity index (χ4v) is 3.95. The first-order chi connectivity index (χ1) is 8.62. The number of rotatable bonds is 8. The molecular formula is C14H27NO2S. The first-order valence-corrected chi connectivity index (χ1v) is 8.21. The number of likely N-dealkylation sites (N-methyl/N-ethyl adjacent to an activating group) is 1. The average molecular weight is 273 g/mol. The van der Waals surface area contributed by atoms with Crippen molar-refractivity contribution in [3.8, 4) is 0 Å². The molecule has 3 nitrogen and oxygen atoms in total. The molecule has 0 saturated heterocycles. The van der Waals surface area contributed by atoms with Gasteiger partial charge in [0.05, 0.1) is 6.61 Å². The zero-order chi connectivity index (χ0) is 13.4. The lowest BCUT2D eigenvalue weighted by Crippen LogP contribution is -2.50. The van der Waals surface area contributed by atoms with Gasteiger partial charge in [-0.05, 0) is 45.4 Å². The maximum Gasteiger partial charge on any atom is 0.326 e. The Kier molecular flexibility index (Phi) is 7.08. The maximum atomic E-state index is 12.0. The van der Waals surface area contributed by atoms with Gasteiger partial charge in [0, 0.05) is 5.25 Å². The van der Waals surface area contributed by atoms with E-state index in [4.69, 9.17) is 4.74 Å². The number of ether oxygens (including phenoxy) is 1. The molecule has 0 aromatic carbocycles. The lowest BCUT2D eigenvalue weighted by molar-refractivity contribution is -0.150. The van der Waals surface area contributed by atoms with E-state index in [0.717, 1.165) is 24.0 Å². The van der Waals surface area contributed by atoms with Gasteiger partial charge in [-0.2, -0.15) is 11.8 Å². The van der Waals surface area contributed by atoms with Crippen LogP contribution in [0.4, 0.5) is 0 Å². The quantitative estimate of drug-likeness (QED) is 0.690. The van der Waals surface area contributed by atoms with E-state index in [-0.39, 0.29) is 5.97 Å². The first-order valence-electron chi connectivity index (χ1n) is 7.16. The number of esters is 1. The van der Waals surface area contributed by atoms with Crippen LogP contribution in [-0.2, 0) is 9.53 Å². The monoisotopic (exact) mass is 273 g/mol. The lowest BCUT2D eigenvalue weighted by Gasteiger charge is -2.28. The van der Waals surface area contributed by atoms with E-state index >= 15 is 0 Å². The minimum Gasteiger partial charge on any atom is -0.465 e. The van der Waals surface area contributed by atoms with Crippen LogP contribution in [0, 0.1) is 0 Å². The summed E-state index contributed by atoms with van der Waals surface area (Å²) in [6.07, 6.45) is 6.30. The Bertz CT molecular complexity index is 254. The van der Waals surface area contributed by atoms with Gasteiger partial charge in [0.1, 0.15) is 5.54 Å². The predicted molar refractivity (Wildman–Crippen MR) is 78.0 cm³/mol. The zero-order valence-corrected chi connectivity index (χ0v) is 12.8. The molecule has 18 heavy (non-hydrogen) atoms. The molecule has 0 heterocycles. The van der Waals surface area contributed by atoms with Crippen molar-refractivity contribution in [2.45, 2.75) is 63.7 Å². The summed E-state index contributed by atoms with van der Waals surface area (Å²) in [5.41, 5.74) is -0.517. The molecule has 1 saturated carbocycles. The number of carbonyl (C=O) groups is 1. The smallest absolute Gasteiger partial charge is 0.326 e. The second-order valence-corrected chi connectivity index (χ2v) is 6.52. The summed E-state index contributed by atoms with van der Waals surface area (Å²) >= 11 is 2.02. The van der Waals surface area contributed by atoms with Crippen molar-refractivity contribution in [2.75, 3.05) is 18.9 Å². The minimum atomic E-state index is -0.517. The molecule has 1 atom stereocenters. The van der Waals surface area contributed by atoms with E-state index in [9.17, 15) is 4.79 Å². The Hall–Kier alpha value is -0.220. The van der Waals surface area contributed by atoms with Crippen molar-refractivity contribution in [1.29, 1.82) is 0 Å². The van der Waals surface area contributed by atoms with Gasteiger partial charge < -0.3 is 10.1 Å². The summed E-state index contributed by atoms with van der Waals surface area (Å²) < 4.78 is 5.17. The highest BCUT2D eigenvalue weighted by Crippen LogP contribution is 2.30. The van der Waals surface area contributed by atoms with E-state index in [1.807, 2.05) is 32.5 Å². The SMILES string of the molecule is CCNC(C)(CCSC1CCCC1)C(=O)OCC. The van der Waals surface area contributed by atoms with Crippen LogP contribution in [0.15, 0.2) is 0 Å². The van der Waals surface area contributed by atoms with Crippen molar-refractivity contribution in [2.24, 2.45) is 0 Å². The molecule has 0 aliphatic heterocycles. The van der Waals surface area contributed by atoms with Crippen molar-refractivity contribution in [3.05, 3.63) is 0 Å². The van der Waals surface area contributed by atoms with Gasteiger partial charge in [-0.1, -0.05) is 19.8 Å². The van der Waals surface area contributed by atoms with Crippen LogP contribution in [0.2, 0.25) is 0 Å². The van der Waals surface area contributed by atoms with Crippen LogP contribution in [0.5, 0.6) is 0 Å². The summed E-state index contributed by atoms with van der Waals surface area (Å²) in [7, 11) is 0. The number of hydrogen-bond donors (Lipinski definition) is 1. The largest absolute Gasteiger partial charge is 0.465 e. The molecule has 0 spiro atoms. The third kappa shape index (κ3) is 4.81. The molecule has 4 heteroatoms. The summed E-state index contributed by atoms with van der Waals surface area (Å²) in [5, 5.41) is 4.10. The van der Waals surface area contributed by atoms with Crippen LogP contribution < -0.4 is 5.32 Å². The summed E-state index contributed by atoms with van der Waals surface area (Å²) in [6.45, 7) is 7.10.